The van der Waals surface area contributed by atoms with Crippen LogP contribution in [0.2, 0.25) is 0 Å². The zero-order valence-electron chi connectivity index (χ0n) is 17.6. The van der Waals surface area contributed by atoms with E-state index >= 15 is 0 Å². The number of amides is 2. The van der Waals surface area contributed by atoms with Gasteiger partial charge in [0.25, 0.3) is 11.8 Å². The summed E-state index contributed by atoms with van der Waals surface area (Å²) in [5, 5.41) is 3.91. The monoisotopic (exact) mass is 436 g/mol. The summed E-state index contributed by atoms with van der Waals surface area (Å²) in [7, 11) is 0. The molecule has 0 bridgehead atoms. The van der Waals surface area contributed by atoms with Crippen molar-refractivity contribution in [1.82, 2.24) is 19.9 Å². The Morgan fingerprint density at radius 1 is 0.935 bits per heavy atom. The first-order valence-corrected chi connectivity index (χ1v) is 11.2. The van der Waals surface area contributed by atoms with Crippen LogP contribution in [0, 0.1) is 13.8 Å². The van der Waals surface area contributed by atoms with E-state index in [2.05, 4.69) is 10.1 Å². The molecule has 0 saturated carbocycles. The van der Waals surface area contributed by atoms with Crippen LogP contribution in [0.15, 0.2) is 57.9 Å². The third-order valence-electron chi connectivity index (χ3n) is 5.20. The van der Waals surface area contributed by atoms with Gasteiger partial charge in [0.2, 0.25) is 5.89 Å². The maximum atomic E-state index is 13.2. The highest BCUT2D eigenvalue weighted by molar-refractivity contribution is 7.98. The van der Waals surface area contributed by atoms with Crippen LogP contribution in [0.25, 0.3) is 0 Å². The lowest BCUT2D eigenvalue weighted by Gasteiger charge is -2.35. The minimum Gasteiger partial charge on any atom is -0.340 e. The fraction of sp³-hybridized carbons (Fsp3) is 0.304. The summed E-state index contributed by atoms with van der Waals surface area (Å²) in [6.45, 7) is 5.82. The van der Waals surface area contributed by atoms with Gasteiger partial charge in [0.1, 0.15) is 0 Å². The minimum atomic E-state index is -0.0187. The Balaban J connectivity index is 1.38. The molecule has 0 unspecified atom stereocenters. The fourth-order valence-corrected chi connectivity index (χ4v) is 4.36. The molecule has 7 nitrogen and oxygen atoms in total. The van der Waals surface area contributed by atoms with Crippen LogP contribution in [0.1, 0.15) is 38.0 Å². The molecule has 2 aromatic carbocycles. The standard InChI is InChI=1S/C23H24N4O3S/c1-16-7-9-18(10-8-16)22(28)26-11-13-27(14-12-26)23(29)19-5-3-4-6-20(19)31-15-21-24-17(2)30-25-21/h3-10H,11-15H2,1-2H3. The Morgan fingerprint density at radius 2 is 1.58 bits per heavy atom. The Labute approximate surface area is 185 Å². The first kappa shape index (κ1) is 21.1. The summed E-state index contributed by atoms with van der Waals surface area (Å²) in [5.74, 6) is 1.65. The molecule has 3 aromatic rings. The van der Waals surface area contributed by atoms with E-state index in [4.69, 9.17) is 4.52 Å². The van der Waals surface area contributed by atoms with Crippen LogP contribution in [0.4, 0.5) is 0 Å². The average molecular weight is 437 g/mol. The Bertz CT molecular complexity index is 1070. The molecular weight excluding hydrogens is 412 g/mol. The van der Waals surface area contributed by atoms with Gasteiger partial charge in [-0.3, -0.25) is 9.59 Å². The van der Waals surface area contributed by atoms with Crippen LogP contribution in [0.5, 0.6) is 0 Å². The highest BCUT2D eigenvalue weighted by Crippen LogP contribution is 2.27. The van der Waals surface area contributed by atoms with E-state index in [0.717, 1.165) is 10.5 Å². The van der Waals surface area contributed by atoms with E-state index in [0.29, 0.717) is 54.8 Å². The van der Waals surface area contributed by atoms with Crippen molar-refractivity contribution >= 4 is 23.6 Å². The Hall–Kier alpha value is -3.13. The summed E-state index contributed by atoms with van der Waals surface area (Å²) in [6, 6.07) is 15.2. The van der Waals surface area contributed by atoms with Crippen molar-refractivity contribution in [1.29, 1.82) is 0 Å². The van der Waals surface area contributed by atoms with Crippen LogP contribution in [0.3, 0.4) is 0 Å². The van der Waals surface area contributed by atoms with Gasteiger partial charge in [-0.15, -0.1) is 11.8 Å². The molecular formula is C23H24N4O3S. The second-order valence-electron chi connectivity index (χ2n) is 7.46. The average Bonchev–Trinajstić information content (AvgIpc) is 3.22. The maximum absolute atomic E-state index is 13.2. The third kappa shape index (κ3) is 4.96. The lowest BCUT2D eigenvalue weighted by Crippen LogP contribution is -2.50. The lowest BCUT2D eigenvalue weighted by atomic mass is 10.1. The number of aromatic nitrogens is 2. The van der Waals surface area contributed by atoms with Crippen molar-refractivity contribution in [3.63, 3.8) is 0 Å². The number of benzene rings is 2. The summed E-state index contributed by atoms with van der Waals surface area (Å²) in [6.07, 6.45) is 0. The summed E-state index contributed by atoms with van der Waals surface area (Å²) >= 11 is 1.51. The molecule has 8 heteroatoms. The van der Waals surface area contributed by atoms with Crippen molar-refractivity contribution in [2.24, 2.45) is 0 Å². The number of rotatable bonds is 5. The predicted octanol–water partition coefficient (Wildman–Crippen LogP) is 3.58. The second-order valence-corrected chi connectivity index (χ2v) is 8.48. The molecule has 1 aromatic heterocycles. The number of carbonyl (C=O) groups excluding carboxylic acids is 2. The maximum Gasteiger partial charge on any atom is 0.255 e. The van der Waals surface area contributed by atoms with Gasteiger partial charge in [-0.25, -0.2) is 0 Å². The fourth-order valence-electron chi connectivity index (χ4n) is 3.47. The highest BCUT2D eigenvalue weighted by atomic mass is 32.2. The van der Waals surface area contributed by atoms with Gasteiger partial charge < -0.3 is 14.3 Å². The first-order valence-electron chi connectivity index (χ1n) is 10.2. The molecule has 2 amide bonds. The van der Waals surface area contributed by atoms with Gasteiger partial charge in [-0.2, -0.15) is 4.98 Å². The topological polar surface area (TPSA) is 79.5 Å². The van der Waals surface area contributed by atoms with E-state index in [1.165, 1.54) is 11.8 Å². The molecule has 0 atom stereocenters. The molecule has 4 rings (SSSR count). The highest BCUT2D eigenvalue weighted by Gasteiger charge is 2.26. The smallest absolute Gasteiger partial charge is 0.255 e. The van der Waals surface area contributed by atoms with Gasteiger partial charge in [-0.05, 0) is 31.2 Å². The van der Waals surface area contributed by atoms with E-state index in [-0.39, 0.29) is 11.8 Å². The second kappa shape index (κ2) is 9.34. The van der Waals surface area contributed by atoms with Crippen LogP contribution >= 0.6 is 11.8 Å². The molecule has 0 radical (unpaired) electrons. The van der Waals surface area contributed by atoms with Gasteiger partial charge in [-0.1, -0.05) is 35.0 Å². The molecule has 1 saturated heterocycles. The number of hydrogen-bond acceptors (Lipinski definition) is 6. The Morgan fingerprint density at radius 3 is 2.23 bits per heavy atom. The van der Waals surface area contributed by atoms with Gasteiger partial charge in [0, 0.05) is 43.6 Å². The summed E-state index contributed by atoms with van der Waals surface area (Å²) in [5.41, 5.74) is 2.47. The number of carbonyl (C=O) groups is 2. The van der Waals surface area contributed by atoms with Gasteiger partial charge >= 0.3 is 0 Å². The molecule has 1 fully saturated rings. The molecule has 160 valence electrons. The molecule has 2 heterocycles. The molecule has 1 aliphatic rings. The number of piperazine rings is 1. The van der Waals surface area contributed by atoms with Crippen molar-refractivity contribution < 1.29 is 14.1 Å². The van der Waals surface area contributed by atoms with E-state index in [1.807, 2.05) is 65.3 Å². The number of aryl methyl sites for hydroxylation is 2. The normalized spacial score (nSPS) is 14.0. The summed E-state index contributed by atoms with van der Waals surface area (Å²) in [4.78, 5) is 34.6. The number of thioether (sulfide) groups is 1. The Kier molecular flexibility index (Phi) is 6.36. The SMILES string of the molecule is Cc1ccc(C(=O)N2CCN(C(=O)c3ccccc3SCc3noc(C)n3)CC2)cc1. The van der Waals surface area contributed by atoms with Crippen molar-refractivity contribution in [2.45, 2.75) is 24.5 Å². The van der Waals surface area contributed by atoms with Crippen molar-refractivity contribution in [3.05, 3.63) is 76.9 Å². The first-order chi connectivity index (χ1) is 15.0. The third-order valence-corrected chi connectivity index (χ3v) is 6.27. The van der Waals surface area contributed by atoms with E-state index in [9.17, 15) is 9.59 Å². The van der Waals surface area contributed by atoms with Gasteiger partial charge in [0.15, 0.2) is 5.82 Å². The largest absolute Gasteiger partial charge is 0.340 e. The number of nitrogens with zero attached hydrogens (tertiary/aromatic N) is 4. The van der Waals surface area contributed by atoms with Crippen molar-refractivity contribution in [2.75, 3.05) is 26.2 Å². The lowest BCUT2D eigenvalue weighted by molar-refractivity contribution is 0.0533. The minimum absolute atomic E-state index is 0.0125. The van der Waals surface area contributed by atoms with E-state index in [1.54, 1.807) is 6.92 Å². The molecule has 1 aliphatic heterocycles. The molecule has 0 spiro atoms. The molecule has 31 heavy (non-hydrogen) atoms. The van der Waals surface area contributed by atoms with Crippen molar-refractivity contribution in [3.8, 4) is 0 Å². The number of hydrogen-bond donors (Lipinski definition) is 0. The molecule has 0 N–H and O–H groups in total. The van der Waals surface area contributed by atoms with E-state index < -0.39 is 0 Å². The van der Waals surface area contributed by atoms with Gasteiger partial charge in [0.05, 0.1) is 11.3 Å². The van der Waals surface area contributed by atoms with Crippen LogP contribution in [-0.4, -0.2) is 57.9 Å². The zero-order valence-corrected chi connectivity index (χ0v) is 18.4. The molecule has 0 aliphatic carbocycles. The summed E-state index contributed by atoms with van der Waals surface area (Å²) < 4.78 is 5.01. The van der Waals surface area contributed by atoms with Crippen LogP contribution < -0.4 is 0 Å². The quantitative estimate of drug-likeness (QED) is 0.569. The zero-order chi connectivity index (χ0) is 21.8. The predicted molar refractivity (Wildman–Crippen MR) is 118 cm³/mol. The van der Waals surface area contributed by atoms with Crippen LogP contribution in [-0.2, 0) is 5.75 Å².